The minimum Gasteiger partial charge on any atom is -0.457 e. The van der Waals surface area contributed by atoms with E-state index in [4.69, 9.17) is 4.42 Å². The van der Waals surface area contributed by atoms with Crippen molar-refractivity contribution in [2.75, 3.05) is 39.3 Å². The Kier molecular flexibility index (Phi) is 5.19. The van der Waals surface area contributed by atoms with Crippen LogP contribution < -0.4 is 5.32 Å². The summed E-state index contributed by atoms with van der Waals surface area (Å²) in [4.78, 5) is 27.6. The molecule has 1 aromatic heterocycles. The van der Waals surface area contributed by atoms with Gasteiger partial charge in [-0.2, -0.15) is 0 Å². The van der Waals surface area contributed by atoms with Gasteiger partial charge in [-0.25, -0.2) is 0 Å². The van der Waals surface area contributed by atoms with Gasteiger partial charge in [0.15, 0.2) is 4.67 Å². The standard InChI is InChI=1S/C13H18BrN3O3/c1-2-15-11(18)9-16-4-6-17(7-5-16)13(19)10-3-8-20-12(10)14/h3,8H,2,4-7,9H2,1H3,(H,15,18). The number of piperazine rings is 1. The highest BCUT2D eigenvalue weighted by Gasteiger charge is 2.25. The second-order valence-electron chi connectivity index (χ2n) is 4.63. The number of likely N-dealkylation sites (N-methyl/N-ethyl adjacent to an activating group) is 1. The average molecular weight is 344 g/mol. The zero-order valence-corrected chi connectivity index (χ0v) is 13.0. The highest BCUT2D eigenvalue weighted by Crippen LogP contribution is 2.20. The van der Waals surface area contributed by atoms with Crippen molar-refractivity contribution in [3.8, 4) is 0 Å². The number of nitrogens with zero attached hydrogens (tertiary/aromatic N) is 2. The summed E-state index contributed by atoms with van der Waals surface area (Å²) in [5, 5.41) is 2.78. The maximum Gasteiger partial charge on any atom is 0.258 e. The van der Waals surface area contributed by atoms with E-state index in [0.717, 1.165) is 0 Å². The van der Waals surface area contributed by atoms with E-state index in [2.05, 4.69) is 26.1 Å². The van der Waals surface area contributed by atoms with Crippen molar-refractivity contribution in [1.82, 2.24) is 15.1 Å². The lowest BCUT2D eigenvalue weighted by Crippen LogP contribution is -2.51. The maximum atomic E-state index is 12.3. The molecule has 1 aromatic rings. The molecule has 1 saturated heterocycles. The summed E-state index contributed by atoms with van der Waals surface area (Å²) >= 11 is 3.22. The number of hydrogen-bond donors (Lipinski definition) is 1. The minimum absolute atomic E-state index is 0.0323. The van der Waals surface area contributed by atoms with Crippen molar-refractivity contribution in [1.29, 1.82) is 0 Å². The highest BCUT2D eigenvalue weighted by molar-refractivity contribution is 9.10. The highest BCUT2D eigenvalue weighted by atomic mass is 79.9. The van der Waals surface area contributed by atoms with E-state index in [1.807, 2.05) is 6.92 Å². The van der Waals surface area contributed by atoms with E-state index >= 15 is 0 Å². The van der Waals surface area contributed by atoms with Crippen LogP contribution in [0.25, 0.3) is 0 Å². The van der Waals surface area contributed by atoms with Crippen molar-refractivity contribution < 1.29 is 14.0 Å². The molecular weight excluding hydrogens is 326 g/mol. The van der Waals surface area contributed by atoms with Crippen LogP contribution >= 0.6 is 15.9 Å². The Balaban J connectivity index is 1.84. The first-order valence-corrected chi connectivity index (χ1v) is 7.42. The molecule has 6 nitrogen and oxygen atoms in total. The van der Waals surface area contributed by atoms with Gasteiger partial charge in [0.25, 0.3) is 5.91 Å². The molecule has 0 unspecified atom stereocenters. The van der Waals surface area contributed by atoms with E-state index in [0.29, 0.717) is 49.5 Å². The number of hydrogen-bond acceptors (Lipinski definition) is 4. The molecule has 0 radical (unpaired) electrons. The number of carbonyl (C=O) groups is 2. The molecule has 0 saturated carbocycles. The molecule has 0 aliphatic carbocycles. The number of nitrogens with one attached hydrogen (secondary N) is 1. The zero-order chi connectivity index (χ0) is 14.5. The quantitative estimate of drug-likeness (QED) is 0.883. The lowest BCUT2D eigenvalue weighted by molar-refractivity contribution is -0.122. The lowest BCUT2D eigenvalue weighted by atomic mass is 10.2. The van der Waals surface area contributed by atoms with E-state index in [1.54, 1.807) is 11.0 Å². The molecule has 0 atom stereocenters. The predicted molar refractivity (Wildman–Crippen MR) is 77.4 cm³/mol. The Labute approximate surface area is 126 Å². The summed E-state index contributed by atoms with van der Waals surface area (Å²) in [7, 11) is 0. The predicted octanol–water partition coefficient (Wildman–Crippen LogP) is 0.936. The summed E-state index contributed by atoms with van der Waals surface area (Å²) in [5.41, 5.74) is 0.544. The molecule has 2 heterocycles. The topological polar surface area (TPSA) is 65.8 Å². The number of rotatable bonds is 4. The van der Waals surface area contributed by atoms with Crippen LogP contribution in [0.1, 0.15) is 17.3 Å². The maximum absolute atomic E-state index is 12.3. The van der Waals surface area contributed by atoms with Crippen LogP contribution in [0.3, 0.4) is 0 Å². The van der Waals surface area contributed by atoms with Gasteiger partial charge in [0.2, 0.25) is 5.91 Å². The molecule has 110 valence electrons. The molecule has 1 aliphatic rings. The normalized spacial score (nSPS) is 16.2. The van der Waals surface area contributed by atoms with Gasteiger partial charge in [-0.15, -0.1) is 0 Å². The fourth-order valence-electron chi connectivity index (χ4n) is 2.18. The Hall–Kier alpha value is -1.34. The molecule has 20 heavy (non-hydrogen) atoms. The minimum atomic E-state index is -0.0386. The van der Waals surface area contributed by atoms with Gasteiger partial charge in [0.05, 0.1) is 18.4 Å². The van der Waals surface area contributed by atoms with Gasteiger partial charge in [0.1, 0.15) is 0 Å². The van der Waals surface area contributed by atoms with Crippen molar-refractivity contribution in [2.45, 2.75) is 6.92 Å². The molecule has 0 spiro atoms. The fourth-order valence-corrected chi connectivity index (χ4v) is 2.59. The molecule has 0 aromatic carbocycles. The first kappa shape index (κ1) is 15.1. The summed E-state index contributed by atoms with van der Waals surface area (Å²) in [5.74, 6) is -0.00635. The van der Waals surface area contributed by atoms with Gasteiger partial charge in [-0.3, -0.25) is 14.5 Å². The van der Waals surface area contributed by atoms with E-state index in [9.17, 15) is 9.59 Å². The van der Waals surface area contributed by atoms with Crippen molar-refractivity contribution >= 4 is 27.7 Å². The Bertz CT molecular complexity index is 481. The Morgan fingerprint density at radius 1 is 1.35 bits per heavy atom. The zero-order valence-electron chi connectivity index (χ0n) is 11.4. The van der Waals surface area contributed by atoms with Crippen LogP contribution in [0.4, 0.5) is 0 Å². The van der Waals surface area contributed by atoms with E-state index in [-0.39, 0.29) is 11.8 Å². The third-order valence-electron chi connectivity index (χ3n) is 3.25. The van der Waals surface area contributed by atoms with Crippen LogP contribution in [-0.4, -0.2) is 60.9 Å². The SMILES string of the molecule is CCNC(=O)CN1CCN(C(=O)c2ccoc2Br)CC1. The molecule has 2 amide bonds. The van der Waals surface area contributed by atoms with Gasteiger partial charge in [-0.1, -0.05) is 0 Å². The number of carbonyl (C=O) groups excluding carboxylic acids is 2. The van der Waals surface area contributed by atoms with Gasteiger partial charge < -0.3 is 14.6 Å². The second-order valence-corrected chi connectivity index (χ2v) is 5.35. The lowest BCUT2D eigenvalue weighted by Gasteiger charge is -2.34. The summed E-state index contributed by atoms with van der Waals surface area (Å²) in [6, 6.07) is 1.66. The number of halogens is 1. The summed E-state index contributed by atoms with van der Waals surface area (Å²) < 4.78 is 5.55. The van der Waals surface area contributed by atoms with Crippen molar-refractivity contribution in [3.63, 3.8) is 0 Å². The molecule has 1 fully saturated rings. The molecule has 7 heteroatoms. The number of amides is 2. The average Bonchev–Trinajstić information content (AvgIpc) is 2.85. The monoisotopic (exact) mass is 343 g/mol. The largest absolute Gasteiger partial charge is 0.457 e. The molecular formula is C13H18BrN3O3. The van der Waals surface area contributed by atoms with Crippen LogP contribution in [0.2, 0.25) is 0 Å². The van der Waals surface area contributed by atoms with E-state index in [1.165, 1.54) is 6.26 Å². The Morgan fingerprint density at radius 3 is 2.60 bits per heavy atom. The van der Waals surface area contributed by atoms with Crippen LogP contribution in [0.5, 0.6) is 0 Å². The second kappa shape index (κ2) is 6.90. The molecule has 1 aliphatic heterocycles. The van der Waals surface area contributed by atoms with Gasteiger partial charge >= 0.3 is 0 Å². The van der Waals surface area contributed by atoms with Crippen LogP contribution in [0.15, 0.2) is 21.4 Å². The first-order chi connectivity index (χ1) is 9.61. The smallest absolute Gasteiger partial charge is 0.258 e. The molecule has 2 rings (SSSR count). The third-order valence-corrected chi connectivity index (χ3v) is 3.86. The number of furan rings is 1. The van der Waals surface area contributed by atoms with Crippen molar-refractivity contribution in [2.24, 2.45) is 0 Å². The molecule has 1 N–H and O–H groups in total. The first-order valence-electron chi connectivity index (χ1n) is 6.63. The van der Waals surface area contributed by atoms with Crippen LogP contribution in [0, 0.1) is 0 Å². The van der Waals surface area contributed by atoms with Gasteiger partial charge in [0, 0.05) is 32.7 Å². The third kappa shape index (κ3) is 3.61. The Morgan fingerprint density at radius 2 is 2.05 bits per heavy atom. The van der Waals surface area contributed by atoms with Crippen molar-refractivity contribution in [3.05, 3.63) is 22.6 Å². The summed E-state index contributed by atoms with van der Waals surface area (Å²) in [6.45, 7) is 5.59. The fraction of sp³-hybridized carbons (Fsp3) is 0.538. The summed E-state index contributed by atoms with van der Waals surface area (Å²) in [6.07, 6.45) is 1.49. The van der Waals surface area contributed by atoms with E-state index < -0.39 is 0 Å². The van der Waals surface area contributed by atoms with Gasteiger partial charge in [-0.05, 0) is 28.9 Å². The molecule has 0 bridgehead atoms. The van der Waals surface area contributed by atoms with Crippen LogP contribution in [-0.2, 0) is 4.79 Å².